The summed E-state index contributed by atoms with van der Waals surface area (Å²) in [6.07, 6.45) is 3.38. The molecule has 1 atom stereocenters. The van der Waals surface area contributed by atoms with E-state index in [2.05, 4.69) is 27.7 Å². The third-order valence-corrected chi connectivity index (χ3v) is 2.56. The van der Waals surface area contributed by atoms with Gasteiger partial charge in [-0.25, -0.2) is 0 Å². The van der Waals surface area contributed by atoms with Gasteiger partial charge in [0.2, 0.25) is 0 Å². The summed E-state index contributed by atoms with van der Waals surface area (Å²) in [5.41, 5.74) is 5.53. The van der Waals surface area contributed by atoms with Crippen molar-refractivity contribution in [2.75, 3.05) is 13.2 Å². The van der Waals surface area contributed by atoms with E-state index in [0.717, 1.165) is 25.4 Å². The highest BCUT2D eigenvalue weighted by Gasteiger charge is 2.19. The Balaban J connectivity index is 3.50. The first-order chi connectivity index (χ1) is 6.04. The second-order valence-corrected chi connectivity index (χ2v) is 4.39. The first-order valence-electron chi connectivity index (χ1n) is 5.38. The fourth-order valence-electron chi connectivity index (χ4n) is 1.12. The van der Waals surface area contributed by atoms with Crippen molar-refractivity contribution in [3.63, 3.8) is 0 Å². The van der Waals surface area contributed by atoms with E-state index >= 15 is 0 Å². The van der Waals surface area contributed by atoms with E-state index in [1.165, 1.54) is 6.42 Å². The average molecular weight is 187 g/mol. The van der Waals surface area contributed by atoms with Gasteiger partial charge in [-0.2, -0.15) is 0 Å². The second kappa shape index (κ2) is 6.39. The van der Waals surface area contributed by atoms with E-state index in [9.17, 15) is 0 Å². The maximum Gasteiger partial charge on any atom is 0.0773 e. The van der Waals surface area contributed by atoms with Crippen molar-refractivity contribution in [3.8, 4) is 0 Å². The lowest BCUT2D eigenvalue weighted by Crippen LogP contribution is -2.37. The van der Waals surface area contributed by atoms with E-state index in [-0.39, 0.29) is 5.60 Å². The molecule has 0 saturated carbocycles. The molecule has 0 saturated heterocycles. The third-order valence-electron chi connectivity index (χ3n) is 2.56. The van der Waals surface area contributed by atoms with Crippen molar-refractivity contribution in [2.45, 2.75) is 52.6 Å². The molecule has 0 aromatic rings. The van der Waals surface area contributed by atoms with Crippen molar-refractivity contribution in [1.29, 1.82) is 0 Å². The lowest BCUT2D eigenvalue weighted by Gasteiger charge is -2.27. The summed E-state index contributed by atoms with van der Waals surface area (Å²) in [6.45, 7) is 10.1. The highest BCUT2D eigenvalue weighted by Crippen LogP contribution is 2.14. The Hall–Kier alpha value is -0.0800. The van der Waals surface area contributed by atoms with Crippen LogP contribution in [0, 0.1) is 5.92 Å². The fourth-order valence-corrected chi connectivity index (χ4v) is 1.12. The lowest BCUT2D eigenvalue weighted by atomic mass is 10.0. The average Bonchev–Trinajstić information content (AvgIpc) is 2.12. The molecule has 0 radical (unpaired) electrons. The maximum atomic E-state index is 5.75. The second-order valence-electron chi connectivity index (χ2n) is 4.39. The van der Waals surface area contributed by atoms with Crippen LogP contribution in [0.15, 0.2) is 0 Å². The molecule has 0 aliphatic heterocycles. The molecule has 2 N–H and O–H groups in total. The Labute approximate surface area is 82.8 Å². The summed E-state index contributed by atoms with van der Waals surface area (Å²) in [6, 6.07) is 0. The van der Waals surface area contributed by atoms with Gasteiger partial charge in [0.1, 0.15) is 0 Å². The van der Waals surface area contributed by atoms with Gasteiger partial charge in [0.15, 0.2) is 0 Å². The highest BCUT2D eigenvalue weighted by atomic mass is 16.5. The third kappa shape index (κ3) is 6.05. The van der Waals surface area contributed by atoms with Crippen molar-refractivity contribution in [1.82, 2.24) is 0 Å². The number of rotatable bonds is 7. The molecular formula is C11H25NO. The minimum atomic E-state index is -0.100. The minimum Gasteiger partial charge on any atom is -0.374 e. The van der Waals surface area contributed by atoms with Gasteiger partial charge in [-0.3, -0.25) is 0 Å². The van der Waals surface area contributed by atoms with Gasteiger partial charge < -0.3 is 10.5 Å². The van der Waals surface area contributed by atoms with Crippen LogP contribution in [-0.2, 0) is 4.74 Å². The van der Waals surface area contributed by atoms with Crippen molar-refractivity contribution < 1.29 is 4.74 Å². The molecule has 2 nitrogen and oxygen atoms in total. The number of ether oxygens (including phenoxy) is 1. The van der Waals surface area contributed by atoms with Crippen LogP contribution in [0.25, 0.3) is 0 Å². The highest BCUT2D eigenvalue weighted by molar-refractivity contribution is 4.73. The summed E-state index contributed by atoms with van der Waals surface area (Å²) in [5, 5.41) is 0. The predicted octanol–water partition coefficient (Wildman–Crippen LogP) is 2.57. The minimum absolute atomic E-state index is 0.100. The molecule has 0 aromatic carbocycles. The monoisotopic (exact) mass is 187 g/mol. The standard InChI is InChI=1S/C11H25NO/c1-5-11(4,9-12)13-8-6-7-10(2)3/h10H,5-9,12H2,1-4H3. The van der Waals surface area contributed by atoms with Crippen LogP contribution in [0.2, 0.25) is 0 Å². The molecule has 0 aliphatic carbocycles. The van der Waals surface area contributed by atoms with Gasteiger partial charge in [-0.15, -0.1) is 0 Å². The fraction of sp³-hybridized carbons (Fsp3) is 1.00. The smallest absolute Gasteiger partial charge is 0.0773 e. The zero-order valence-electron chi connectivity index (χ0n) is 9.60. The number of nitrogens with two attached hydrogens (primary N) is 1. The van der Waals surface area contributed by atoms with Gasteiger partial charge in [0.25, 0.3) is 0 Å². The summed E-state index contributed by atoms with van der Waals surface area (Å²) in [5.74, 6) is 0.773. The Morgan fingerprint density at radius 3 is 2.38 bits per heavy atom. The van der Waals surface area contributed by atoms with E-state index in [0.29, 0.717) is 6.54 Å². The van der Waals surface area contributed by atoms with Crippen LogP contribution in [0.3, 0.4) is 0 Å². The molecule has 13 heavy (non-hydrogen) atoms. The van der Waals surface area contributed by atoms with Gasteiger partial charge in [-0.05, 0) is 32.1 Å². The first-order valence-corrected chi connectivity index (χ1v) is 5.38. The van der Waals surface area contributed by atoms with Crippen molar-refractivity contribution in [3.05, 3.63) is 0 Å². The lowest BCUT2D eigenvalue weighted by molar-refractivity contribution is -0.0296. The van der Waals surface area contributed by atoms with Gasteiger partial charge >= 0.3 is 0 Å². The molecule has 0 aromatic heterocycles. The Kier molecular flexibility index (Phi) is 6.35. The predicted molar refractivity (Wildman–Crippen MR) is 57.8 cm³/mol. The van der Waals surface area contributed by atoms with Gasteiger partial charge in [0.05, 0.1) is 5.60 Å². The van der Waals surface area contributed by atoms with Crippen LogP contribution >= 0.6 is 0 Å². The van der Waals surface area contributed by atoms with Crippen LogP contribution in [0.5, 0.6) is 0 Å². The topological polar surface area (TPSA) is 35.2 Å². The molecule has 0 bridgehead atoms. The molecule has 0 spiro atoms. The quantitative estimate of drug-likeness (QED) is 0.622. The Bertz CT molecular complexity index is 119. The largest absolute Gasteiger partial charge is 0.374 e. The number of hydrogen-bond donors (Lipinski definition) is 1. The molecule has 0 rings (SSSR count). The summed E-state index contributed by atoms with van der Waals surface area (Å²) >= 11 is 0. The van der Waals surface area contributed by atoms with Crippen molar-refractivity contribution in [2.24, 2.45) is 11.7 Å². The van der Waals surface area contributed by atoms with Crippen LogP contribution in [-0.4, -0.2) is 18.8 Å². The zero-order chi connectivity index (χ0) is 10.3. The SMILES string of the molecule is CCC(C)(CN)OCCCC(C)C. The Morgan fingerprint density at radius 2 is 2.00 bits per heavy atom. The van der Waals surface area contributed by atoms with E-state index < -0.39 is 0 Å². The number of hydrogen-bond acceptors (Lipinski definition) is 2. The molecule has 0 fully saturated rings. The van der Waals surface area contributed by atoms with Crippen LogP contribution < -0.4 is 5.73 Å². The molecule has 0 heterocycles. The zero-order valence-corrected chi connectivity index (χ0v) is 9.60. The molecule has 0 aliphatic rings. The normalized spacial score (nSPS) is 16.2. The van der Waals surface area contributed by atoms with Crippen LogP contribution in [0.4, 0.5) is 0 Å². The van der Waals surface area contributed by atoms with E-state index in [1.54, 1.807) is 0 Å². The molecular weight excluding hydrogens is 162 g/mol. The summed E-state index contributed by atoms with van der Waals surface area (Å²) in [4.78, 5) is 0. The van der Waals surface area contributed by atoms with E-state index in [1.807, 2.05) is 0 Å². The molecule has 0 amide bonds. The summed E-state index contributed by atoms with van der Waals surface area (Å²) in [7, 11) is 0. The molecule has 80 valence electrons. The van der Waals surface area contributed by atoms with E-state index in [4.69, 9.17) is 10.5 Å². The first kappa shape index (κ1) is 12.9. The Morgan fingerprint density at radius 1 is 1.38 bits per heavy atom. The maximum absolute atomic E-state index is 5.75. The van der Waals surface area contributed by atoms with Gasteiger partial charge in [0, 0.05) is 13.2 Å². The molecule has 1 unspecified atom stereocenters. The summed E-state index contributed by atoms with van der Waals surface area (Å²) < 4.78 is 5.75. The van der Waals surface area contributed by atoms with Gasteiger partial charge in [-0.1, -0.05) is 20.8 Å². The van der Waals surface area contributed by atoms with Crippen LogP contribution in [0.1, 0.15) is 47.0 Å². The molecule has 2 heteroatoms. The van der Waals surface area contributed by atoms with Crippen molar-refractivity contribution >= 4 is 0 Å².